The van der Waals surface area contributed by atoms with Gasteiger partial charge < -0.3 is 4.74 Å². The van der Waals surface area contributed by atoms with Crippen LogP contribution in [-0.2, 0) is 11.3 Å². The van der Waals surface area contributed by atoms with Crippen molar-refractivity contribution in [2.75, 3.05) is 0 Å². The Morgan fingerprint density at radius 3 is 2.30 bits per heavy atom. The van der Waals surface area contributed by atoms with Gasteiger partial charge in [-0.3, -0.25) is 0 Å². The fourth-order valence-corrected chi connectivity index (χ4v) is 2.80. The maximum atomic E-state index is 6.01. The average molecular weight is 268 g/mol. The third-order valence-electron chi connectivity index (χ3n) is 3.95. The highest BCUT2D eigenvalue weighted by atomic mass is 16.5. The van der Waals surface area contributed by atoms with E-state index in [-0.39, 0.29) is 0 Å². The monoisotopic (exact) mass is 268 g/mol. The molecule has 1 aromatic heterocycles. The van der Waals surface area contributed by atoms with Crippen molar-refractivity contribution in [2.24, 2.45) is 0 Å². The standard InChI is InChI=1S/C17H20N2O/c1-2-5-14(6-3-1)13-20-16-9-7-15(8-10-16)17-18-11-4-12-19-17/h1-6,11-12,15-16H,7-10,13H2. The molecule has 0 atom stereocenters. The molecular weight excluding hydrogens is 248 g/mol. The van der Waals surface area contributed by atoms with Crippen LogP contribution in [0.2, 0.25) is 0 Å². The Morgan fingerprint density at radius 2 is 1.60 bits per heavy atom. The Kier molecular flexibility index (Phi) is 4.38. The van der Waals surface area contributed by atoms with E-state index in [2.05, 4.69) is 34.2 Å². The lowest BCUT2D eigenvalue weighted by atomic mass is 9.87. The lowest BCUT2D eigenvalue weighted by Gasteiger charge is -2.27. The van der Waals surface area contributed by atoms with E-state index in [0.29, 0.717) is 12.0 Å². The van der Waals surface area contributed by atoms with Gasteiger partial charge >= 0.3 is 0 Å². The Balaban J connectivity index is 1.47. The number of hydrogen-bond donors (Lipinski definition) is 0. The van der Waals surface area contributed by atoms with Gasteiger partial charge in [-0.1, -0.05) is 30.3 Å². The summed E-state index contributed by atoms with van der Waals surface area (Å²) in [6.45, 7) is 0.720. The first kappa shape index (κ1) is 13.3. The minimum Gasteiger partial charge on any atom is -0.374 e. The molecule has 0 aliphatic heterocycles. The summed E-state index contributed by atoms with van der Waals surface area (Å²) in [5.41, 5.74) is 1.25. The molecule has 1 fully saturated rings. The highest BCUT2D eigenvalue weighted by Gasteiger charge is 2.24. The zero-order chi connectivity index (χ0) is 13.6. The second-order valence-electron chi connectivity index (χ2n) is 5.38. The van der Waals surface area contributed by atoms with Gasteiger partial charge in [-0.05, 0) is 37.3 Å². The normalized spacial score (nSPS) is 22.6. The van der Waals surface area contributed by atoms with Crippen molar-refractivity contribution >= 4 is 0 Å². The van der Waals surface area contributed by atoms with Crippen LogP contribution in [-0.4, -0.2) is 16.1 Å². The molecule has 3 heteroatoms. The van der Waals surface area contributed by atoms with E-state index in [9.17, 15) is 0 Å². The summed E-state index contributed by atoms with van der Waals surface area (Å²) in [4.78, 5) is 8.74. The molecule has 1 aromatic carbocycles. The smallest absolute Gasteiger partial charge is 0.131 e. The Hall–Kier alpha value is -1.74. The van der Waals surface area contributed by atoms with Gasteiger partial charge in [0.25, 0.3) is 0 Å². The van der Waals surface area contributed by atoms with Gasteiger partial charge in [0, 0.05) is 18.3 Å². The molecule has 2 aromatic rings. The van der Waals surface area contributed by atoms with Crippen LogP contribution >= 0.6 is 0 Å². The molecule has 3 rings (SSSR count). The molecule has 1 saturated carbocycles. The van der Waals surface area contributed by atoms with Gasteiger partial charge in [-0.25, -0.2) is 9.97 Å². The van der Waals surface area contributed by atoms with Crippen molar-refractivity contribution in [2.45, 2.75) is 44.3 Å². The Labute approximate surface area is 120 Å². The second-order valence-corrected chi connectivity index (χ2v) is 5.38. The second kappa shape index (κ2) is 6.62. The quantitative estimate of drug-likeness (QED) is 0.847. The van der Waals surface area contributed by atoms with Gasteiger partial charge in [0.15, 0.2) is 0 Å². The molecule has 0 spiro atoms. The van der Waals surface area contributed by atoms with Gasteiger partial charge in [-0.15, -0.1) is 0 Å². The fraction of sp³-hybridized carbons (Fsp3) is 0.412. The molecule has 0 amide bonds. The van der Waals surface area contributed by atoms with Crippen LogP contribution in [0.5, 0.6) is 0 Å². The number of aromatic nitrogens is 2. The molecule has 0 saturated heterocycles. The Bertz CT molecular complexity index is 507. The predicted octanol–water partition coefficient (Wildman–Crippen LogP) is 3.72. The Morgan fingerprint density at radius 1 is 0.900 bits per heavy atom. The van der Waals surface area contributed by atoms with Crippen molar-refractivity contribution in [1.82, 2.24) is 9.97 Å². The van der Waals surface area contributed by atoms with Gasteiger partial charge in [0.2, 0.25) is 0 Å². The largest absolute Gasteiger partial charge is 0.374 e. The summed E-state index contributed by atoms with van der Waals surface area (Å²) in [5, 5.41) is 0. The van der Waals surface area contributed by atoms with Crippen molar-refractivity contribution < 1.29 is 4.74 Å². The summed E-state index contributed by atoms with van der Waals surface area (Å²) in [6, 6.07) is 12.3. The zero-order valence-electron chi connectivity index (χ0n) is 11.6. The van der Waals surface area contributed by atoms with Crippen molar-refractivity contribution in [1.29, 1.82) is 0 Å². The number of nitrogens with zero attached hydrogens (tertiary/aromatic N) is 2. The third-order valence-corrected chi connectivity index (χ3v) is 3.95. The maximum absolute atomic E-state index is 6.01. The maximum Gasteiger partial charge on any atom is 0.131 e. The molecule has 0 radical (unpaired) electrons. The van der Waals surface area contributed by atoms with Crippen molar-refractivity contribution in [3.05, 3.63) is 60.2 Å². The van der Waals surface area contributed by atoms with E-state index < -0.39 is 0 Å². The molecule has 1 heterocycles. The summed E-state index contributed by atoms with van der Waals surface area (Å²) in [6.07, 6.45) is 8.52. The van der Waals surface area contributed by atoms with Crippen molar-refractivity contribution in [3.63, 3.8) is 0 Å². The number of ether oxygens (including phenoxy) is 1. The summed E-state index contributed by atoms with van der Waals surface area (Å²) >= 11 is 0. The molecule has 0 N–H and O–H groups in total. The first-order chi connectivity index (χ1) is 9.92. The molecule has 1 aliphatic rings. The van der Waals surface area contributed by atoms with Crippen LogP contribution in [0.1, 0.15) is 43.0 Å². The average Bonchev–Trinajstić information content (AvgIpc) is 2.55. The highest BCUT2D eigenvalue weighted by molar-refractivity contribution is 5.13. The molecular formula is C17H20N2O. The molecule has 0 bridgehead atoms. The van der Waals surface area contributed by atoms with E-state index in [1.807, 2.05) is 24.5 Å². The fourth-order valence-electron chi connectivity index (χ4n) is 2.80. The first-order valence-electron chi connectivity index (χ1n) is 7.34. The topological polar surface area (TPSA) is 35.0 Å². The van der Waals surface area contributed by atoms with Crippen LogP contribution in [0.25, 0.3) is 0 Å². The van der Waals surface area contributed by atoms with Crippen LogP contribution < -0.4 is 0 Å². The number of hydrogen-bond acceptors (Lipinski definition) is 3. The summed E-state index contributed by atoms with van der Waals surface area (Å²) < 4.78 is 6.01. The summed E-state index contributed by atoms with van der Waals surface area (Å²) in [7, 11) is 0. The van der Waals surface area contributed by atoms with Crippen LogP contribution in [0.4, 0.5) is 0 Å². The van der Waals surface area contributed by atoms with E-state index in [1.165, 1.54) is 5.56 Å². The summed E-state index contributed by atoms with van der Waals surface area (Å²) in [5.74, 6) is 1.50. The minimum atomic E-state index is 0.384. The van der Waals surface area contributed by atoms with E-state index in [1.54, 1.807) is 0 Å². The number of benzene rings is 1. The van der Waals surface area contributed by atoms with Gasteiger partial charge in [-0.2, -0.15) is 0 Å². The third kappa shape index (κ3) is 3.42. The van der Waals surface area contributed by atoms with Crippen LogP contribution in [0.15, 0.2) is 48.8 Å². The predicted molar refractivity (Wildman–Crippen MR) is 78.3 cm³/mol. The lowest BCUT2D eigenvalue weighted by Crippen LogP contribution is -2.21. The lowest BCUT2D eigenvalue weighted by molar-refractivity contribution is 0.0128. The van der Waals surface area contributed by atoms with E-state index in [4.69, 9.17) is 4.74 Å². The molecule has 1 aliphatic carbocycles. The van der Waals surface area contributed by atoms with E-state index >= 15 is 0 Å². The minimum absolute atomic E-state index is 0.384. The molecule has 0 unspecified atom stereocenters. The molecule has 104 valence electrons. The first-order valence-corrected chi connectivity index (χ1v) is 7.34. The van der Waals surface area contributed by atoms with Crippen LogP contribution in [0.3, 0.4) is 0 Å². The van der Waals surface area contributed by atoms with Gasteiger partial charge in [0.05, 0.1) is 12.7 Å². The van der Waals surface area contributed by atoms with Crippen LogP contribution in [0, 0.1) is 0 Å². The number of rotatable bonds is 4. The molecule has 3 nitrogen and oxygen atoms in total. The zero-order valence-corrected chi connectivity index (χ0v) is 11.6. The molecule has 20 heavy (non-hydrogen) atoms. The van der Waals surface area contributed by atoms with Crippen molar-refractivity contribution in [3.8, 4) is 0 Å². The van der Waals surface area contributed by atoms with E-state index in [0.717, 1.165) is 38.1 Å². The van der Waals surface area contributed by atoms with Gasteiger partial charge in [0.1, 0.15) is 5.82 Å². The highest BCUT2D eigenvalue weighted by Crippen LogP contribution is 2.32. The SMILES string of the molecule is c1ccc(COC2CCC(c3ncccn3)CC2)cc1.